The molecule has 0 aromatic carbocycles. The molecule has 0 aliphatic rings. The summed E-state index contributed by atoms with van der Waals surface area (Å²) in [5.74, 6) is -0.516. The predicted octanol–water partition coefficient (Wildman–Crippen LogP) is 0.825. The molecule has 1 aromatic heterocycles. The van der Waals surface area contributed by atoms with Crippen LogP contribution < -0.4 is 0 Å². The number of aromatic nitrogens is 2. The lowest BCUT2D eigenvalue weighted by Crippen LogP contribution is -1.97. The molecule has 0 bridgehead atoms. The number of carboxylic acid groups (broad SMARTS) is 1. The lowest BCUT2D eigenvalue weighted by molar-refractivity contribution is -0.133. The van der Waals surface area contributed by atoms with E-state index in [0.29, 0.717) is 25.5 Å². The number of hydrogen-bond donors (Lipinski definition) is 1. The van der Waals surface area contributed by atoms with Gasteiger partial charge in [-0.25, -0.2) is 0 Å². The molecule has 0 atom stereocenters. The minimum absolute atomic E-state index is 0.0763. The molecule has 1 N–H and O–H groups in total. The molecule has 0 spiro atoms. The SMILES string of the molecule is CCOCCc1nnc(SCC(=O)O)o1. The molecule has 0 radical (unpaired) electrons. The molecule has 0 saturated heterocycles. The van der Waals surface area contributed by atoms with Crippen molar-refractivity contribution >= 4 is 17.7 Å². The van der Waals surface area contributed by atoms with Crippen LogP contribution in [0.15, 0.2) is 9.64 Å². The Kier molecular flexibility index (Phi) is 5.13. The average molecular weight is 232 g/mol. The summed E-state index contributed by atoms with van der Waals surface area (Å²) >= 11 is 1.01. The van der Waals surface area contributed by atoms with E-state index in [1.165, 1.54) is 0 Å². The number of nitrogens with zero attached hydrogens (tertiary/aromatic N) is 2. The van der Waals surface area contributed by atoms with Crippen LogP contribution in [0.25, 0.3) is 0 Å². The van der Waals surface area contributed by atoms with Crippen molar-refractivity contribution in [2.75, 3.05) is 19.0 Å². The van der Waals surface area contributed by atoms with Crippen molar-refractivity contribution in [3.63, 3.8) is 0 Å². The first kappa shape index (κ1) is 12.0. The maximum Gasteiger partial charge on any atom is 0.314 e. The first-order chi connectivity index (χ1) is 7.22. The highest BCUT2D eigenvalue weighted by Crippen LogP contribution is 2.15. The molecular weight excluding hydrogens is 220 g/mol. The van der Waals surface area contributed by atoms with Gasteiger partial charge in [0.1, 0.15) is 5.75 Å². The molecule has 0 unspecified atom stereocenters. The van der Waals surface area contributed by atoms with Crippen LogP contribution in [0.5, 0.6) is 0 Å². The molecule has 1 heterocycles. The summed E-state index contributed by atoms with van der Waals surface area (Å²) in [5, 5.41) is 16.2. The number of hydrogen-bond acceptors (Lipinski definition) is 6. The van der Waals surface area contributed by atoms with Crippen LogP contribution >= 0.6 is 11.8 Å². The third-order valence-electron chi connectivity index (χ3n) is 1.43. The van der Waals surface area contributed by atoms with Gasteiger partial charge in [0.05, 0.1) is 6.61 Å². The van der Waals surface area contributed by atoms with Crippen LogP contribution in [0.2, 0.25) is 0 Å². The molecule has 0 fully saturated rings. The molecular formula is C8H12N2O4S. The van der Waals surface area contributed by atoms with E-state index in [-0.39, 0.29) is 11.0 Å². The minimum atomic E-state index is -0.908. The molecule has 84 valence electrons. The standard InChI is InChI=1S/C8H12N2O4S/c1-2-13-4-3-6-9-10-8(14-6)15-5-7(11)12/h2-5H2,1H3,(H,11,12). The normalized spacial score (nSPS) is 10.5. The fourth-order valence-corrected chi connectivity index (χ4v) is 1.33. The topological polar surface area (TPSA) is 85.5 Å². The van der Waals surface area contributed by atoms with Gasteiger partial charge in [0.2, 0.25) is 5.89 Å². The molecule has 1 rings (SSSR count). The summed E-state index contributed by atoms with van der Waals surface area (Å²) < 4.78 is 10.3. The highest BCUT2D eigenvalue weighted by Gasteiger charge is 2.08. The smallest absolute Gasteiger partial charge is 0.314 e. The Morgan fingerprint density at radius 3 is 3.07 bits per heavy atom. The zero-order valence-corrected chi connectivity index (χ0v) is 9.12. The molecule has 0 amide bonds. The summed E-state index contributed by atoms with van der Waals surface area (Å²) in [6.45, 7) is 3.08. The van der Waals surface area contributed by atoms with E-state index in [2.05, 4.69) is 10.2 Å². The van der Waals surface area contributed by atoms with Crippen molar-refractivity contribution < 1.29 is 19.1 Å². The molecule has 7 heteroatoms. The van der Waals surface area contributed by atoms with Crippen molar-refractivity contribution in [3.05, 3.63) is 5.89 Å². The van der Waals surface area contributed by atoms with Crippen LogP contribution in [-0.2, 0) is 16.0 Å². The third-order valence-corrected chi connectivity index (χ3v) is 2.24. The predicted molar refractivity (Wildman–Crippen MR) is 52.9 cm³/mol. The number of thioether (sulfide) groups is 1. The number of ether oxygens (including phenoxy) is 1. The van der Waals surface area contributed by atoms with Crippen molar-refractivity contribution in [3.8, 4) is 0 Å². The zero-order chi connectivity index (χ0) is 11.1. The Bertz CT molecular complexity index is 315. The molecule has 1 aromatic rings. The number of aliphatic carboxylic acids is 1. The summed E-state index contributed by atoms with van der Waals surface area (Å²) in [6, 6.07) is 0. The minimum Gasteiger partial charge on any atom is -0.481 e. The monoisotopic (exact) mass is 232 g/mol. The Morgan fingerprint density at radius 1 is 1.60 bits per heavy atom. The van der Waals surface area contributed by atoms with E-state index in [1.54, 1.807) is 0 Å². The Labute approximate surface area is 91.0 Å². The van der Waals surface area contributed by atoms with Crippen LogP contribution in [-0.4, -0.2) is 40.2 Å². The van der Waals surface area contributed by atoms with Crippen LogP contribution in [0.1, 0.15) is 12.8 Å². The zero-order valence-electron chi connectivity index (χ0n) is 8.30. The summed E-state index contributed by atoms with van der Waals surface area (Å²) in [6.07, 6.45) is 0.550. The number of rotatable bonds is 7. The van der Waals surface area contributed by atoms with Gasteiger partial charge in [0, 0.05) is 13.0 Å². The van der Waals surface area contributed by atoms with Gasteiger partial charge in [0.15, 0.2) is 0 Å². The first-order valence-corrected chi connectivity index (χ1v) is 5.45. The lowest BCUT2D eigenvalue weighted by atomic mass is 10.5. The van der Waals surface area contributed by atoms with E-state index < -0.39 is 5.97 Å². The van der Waals surface area contributed by atoms with Crippen molar-refractivity contribution in [2.45, 2.75) is 18.6 Å². The van der Waals surface area contributed by atoms with Gasteiger partial charge in [0.25, 0.3) is 5.22 Å². The fourth-order valence-electron chi connectivity index (χ4n) is 0.825. The summed E-state index contributed by atoms with van der Waals surface area (Å²) in [7, 11) is 0. The van der Waals surface area contributed by atoms with Crippen molar-refractivity contribution in [1.29, 1.82) is 0 Å². The summed E-state index contributed by atoms with van der Waals surface area (Å²) in [4.78, 5) is 10.3. The Balaban J connectivity index is 2.32. The van der Waals surface area contributed by atoms with Gasteiger partial charge in [-0.2, -0.15) is 0 Å². The first-order valence-electron chi connectivity index (χ1n) is 4.47. The van der Waals surface area contributed by atoms with E-state index in [9.17, 15) is 4.79 Å². The highest BCUT2D eigenvalue weighted by atomic mass is 32.2. The Morgan fingerprint density at radius 2 is 2.40 bits per heavy atom. The maximum absolute atomic E-state index is 10.3. The van der Waals surface area contributed by atoms with Crippen molar-refractivity contribution in [1.82, 2.24) is 10.2 Å². The quantitative estimate of drug-likeness (QED) is 0.550. The second kappa shape index (κ2) is 6.41. The molecule has 15 heavy (non-hydrogen) atoms. The van der Waals surface area contributed by atoms with Crippen molar-refractivity contribution in [2.24, 2.45) is 0 Å². The van der Waals surface area contributed by atoms with E-state index in [0.717, 1.165) is 11.8 Å². The Hall–Kier alpha value is -1.08. The van der Waals surface area contributed by atoms with Crippen LogP contribution in [0.4, 0.5) is 0 Å². The van der Waals surface area contributed by atoms with Gasteiger partial charge < -0.3 is 14.3 Å². The maximum atomic E-state index is 10.3. The average Bonchev–Trinajstić information content (AvgIpc) is 2.63. The highest BCUT2D eigenvalue weighted by molar-refractivity contribution is 7.99. The molecule has 0 aliphatic heterocycles. The van der Waals surface area contributed by atoms with Crippen LogP contribution in [0.3, 0.4) is 0 Å². The second-order valence-electron chi connectivity index (χ2n) is 2.59. The van der Waals surface area contributed by atoms with E-state index in [1.807, 2.05) is 6.92 Å². The second-order valence-corrected chi connectivity index (χ2v) is 3.52. The number of carboxylic acids is 1. The van der Waals surface area contributed by atoms with Gasteiger partial charge in [-0.3, -0.25) is 4.79 Å². The van der Waals surface area contributed by atoms with Gasteiger partial charge in [-0.15, -0.1) is 10.2 Å². The summed E-state index contributed by atoms with van der Waals surface area (Å²) in [5.41, 5.74) is 0. The van der Waals surface area contributed by atoms with Gasteiger partial charge in [-0.1, -0.05) is 11.8 Å². The van der Waals surface area contributed by atoms with Gasteiger partial charge >= 0.3 is 5.97 Å². The van der Waals surface area contributed by atoms with Crippen LogP contribution in [0, 0.1) is 0 Å². The fraction of sp³-hybridized carbons (Fsp3) is 0.625. The molecule has 0 saturated carbocycles. The van der Waals surface area contributed by atoms with Gasteiger partial charge in [-0.05, 0) is 6.92 Å². The lowest BCUT2D eigenvalue weighted by Gasteiger charge is -1.95. The van der Waals surface area contributed by atoms with E-state index >= 15 is 0 Å². The third kappa shape index (κ3) is 4.80. The van der Waals surface area contributed by atoms with E-state index in [4.69, 9.17) is 14.3 Å². The molecule has 0 aliphatic carbocycles. The molecule has 6 nitrogen and oxygen atoms in total. The number of carbonyl (C=O) groups is 1. The largest absolute Gasteiger partial charge is 0.481 e.